The molecule has 1 unspecified atom stereocenters. The summed E-state index contributed by atoms with van der Waals surface area (Å²) >= 11 is 0. The molecule has 2 N–H and O–H groups in total. The molecule has 2 aromatic rings. The molecule has 138 valence electrons. The topological polar surface area (TPSA) is 53.9 Å². The normalized spacial score (nSPS) is 11.7. The van der Waals surface area contributed by atoms with Crippen LogP contribution in [0.25, 0.3) is 0 Å². The van der Waals surface area contributed by atoms with E-state index in [1.807, 2.05) is 7.05 Å². The largest absolute Gasteiger partial charge is 0.345 e. The Balaban J connectivity index is 1.86. The lowest BCUT2D eigenvalue weighted by atomic mass is 10.1. The highest BCUT2D eigenvalue weighted by molar-refractivity contribution is 5.95. The van der Waals surface area contributed by atoms with Crippen LogP contribution in [0.5, 0.6) is 0 Å². The van der Waals surface area contributed by atoms with Crippen molar-refractivity contribution in [3.05, 3.63) is 65.2 Å². The molecule has 0 aliphatic rings. The number of anilines is 1. The zero-order chi connectivity index (χ0) is 19.1. The first-order chi connectivity index (χ1) is 12.4. The lowest BCUT2D eigenvalue weighted by Crippen LogP contribution is -3.08. The van der Waals surface area contributed by atoms with E-state index in [-0.39, 0.29) is 11.8 Å². The minimum absolute atomic E-state index is 0.0423. The van der Waals surface area contributed by atoms with Crippen molar-refractivity contribution in [3.63, 3.8) is 0 Å². The SMILES string of the molecule is CCc1ccc(C[NH+](C)CC(=O)Nc2ccc(C(=O)N(C)C)cc2)cc1. The highest BCUT2D eigenvalue weighted by atomic mass is 16.2. The Kier molecular flexibility index (Phi) is 6.92. The predicted molar refractivity (Wildman–Crippen MR) is 104 cm³/mol. The van der Waals surface area contributed by atoms with Crippen molar-refractivity contribution in [3.8, 4) is 0 Å². The van der Waals surface area contributed by atoms with Gasteiger partial charge in [-0.3, -0.25) is 9.59 Å². The van der Waals surface area contributed by atoms with Crippen molar-refractivity contribution in [1.82, 2.24) is 4.90 Å². The molecule has 0 heterocycles. The third kappa shape index (κ3) is 5.70. The monoisotopic (exact) mass is 354 g/mol. The first-order valence-electron chi connectivity index (χ1n) is 8.89. The summed E-state index contributed by atoms with van der Waals surface area (Å²) in [5, 5.41) is 2.89. The quantitative estimate of drug-likeness (QED) is 0.794. The Morgan fingerprint density at radius 2 is 1.54 bits per heavy atom. The van der Waals surface area contributed by atoms with Crippen LogP contribution in [0.1, 0.15) is 28.4 Å². The van der Waals surface area contributed by atoms with E-state index in [0.717, 1.165) is 17.9 Å². The summed E-state index contributed by atoms with van der Waals surface area (Å²) in [5.74, 6) is -0.0967. The lowest BCUT2D eigenvalue weighted by molar-refractivity contribution is -0.885. The summed E-state index contributed by atoms with van der Waals surface area (Å²) in [4.78, 5) is 26.7. The van der Waals surface area contributed by atoms with Crippen LogP contribution in [0, 0.1) is 0 Å². The maximum absolute atomic E-state index is 12.2. The van der Waals surface area contributed by atoms with Gasteiger partial charge in [0.1, 0.15) is 6.54 Å². The standard InChI is InChI=1S/C21H27N3O2/c1-5-16-6-8-17(9-7-16)14-24(4)15-20(25)22-19-12-10-18(11-13-19)21(26)23(2)3/h6-13H,5,14-15H2,1-4H3,(H,22,25)/p+1. The highest BCUT2D eigenvalue weighted by Crippen LogP contribution is 2.10. The fraction of sp³-hybridized carbons (Fsp3) is 0.333. The van der Waals surface area contributed by atoms with Crippen LogP contribution in [-0.4, -0.2) is 44.4 Å². The number of rotatable bonds is 7. The zero-order valence-electron chi connectivity index (χ0n) is 16.0. The fourth-order valence-electron chi connectivity index (χ4n) is 2.74. The molecular formula is C21H28N3O2+. The van der Waals surface area contributed by atoms with Gasteiger partial charge in [0.25, 0.3) is 11.8 Å². The van der Waals surface area contributed by atoms with Gasteiger partial charge in [0.2, 0.25) is 0 Å². The van der Waals surface area contributed by atoms with Gasteiger partial charge in [-0.1, -0.05) is 31.2 Å². The second-order valence-electron chi connectivity index (χ2n) is 6.81. The highest BCUT2D eigenvalue weighted by Gasteiger charge is 2.12. The average molecular weight is 354 g/mol. The van der Waals surface area contributed by atoms with Gasteiger partial charge in [-0.25, -0.2) is 0 Å². The molecule has 0 spiro atoms. The van der Waals surface area contributed by atoms with Gasteiger partial charge in [-0.2, -0.15) is 0 Å². The summed E-state index contributed by atoms with van der Waals surface area (Å²) < 4.78 is 0. The maximum Gasteiger partial charge on any atom is 0.279 e. The van der Waals surface area contributed by atoms with Crippen LogP contribution in [0.3, 0.4) is 0 Å². The number of aryl methyl sites for hydroxylation is 1. The second-order valence-corrected chi connectivity index (χ2v) is 6.81. The predicted octanol–water partition coefficient (Wildman–Crippen LogP) is 1.60. The van der Waals surface area contributed by atoms with Gasteiger partial charge >= 0.3 is 0 Å². The van der Waals surface area contributed by atoms with E-state index in [2.05, 4.69) is 36.5 Å². The van der Waals surface area contributed by atoms with Crippen molar-refractivity contribution in [2.45, 2.75) is 19.9 Å². The third-order valence-corrected chi connectivity index (χ3v) is 4.22. The number of nitrogens with one attached hydrogen (secondary N) is 2. The summed E-state index contributed by atoms with van der Waals surface area (Å²) in [6, 6.07) is 15.5. The molecule has 0 fully saturated rings. The number of benzene rings is 2. The number of amides is 2. The third-order valence-electron chi connectivity index (χ3n) is 4.22. The lowest BCUT2D eigenvalue weighted by Gasteiger charge is -2.14. The van der Waals surface area contributed by atoms with Gasteiger partial charge in [-0.15, -0.1) is 0 Å². The Morgan fingerprint density at radius 1 is 0.962 bits per heavy atom. The van der Waals surface area contributed by atoms with E-state index < -0.39 is 0 Å². The number of carbonyl (C=O) groups is 2. The first-order valence-corrected chi connectivity index (χ1v) is 8.89. The van der Waals surface area contributed by atoms with E-state index in [0.29, 0.717) is 17.8 Å². The van der Waals surface area contributed by atoms with E-state index >= 15 is 0 Å². The molecule has 0 aromatic heterocycles. The number of hydrogen-bond donors (Lipinski definition) is 2. The van der Waals surface area contributed by atoms with E-state index in [1.165, 1.54) is 16.0 Å². The van der Waals surface area contributed by atoms with Crippen molar-refractivity contribution >= 4 is 17.5 Å². The number of carbonyl (C=O) groups excluding carboxylic acids is 2. The Morgan fingerprint density at radius 3 is 2.08 bits per heavy atom. The minimum atomic E-state index is -0.0545. The van der Waals surface area contributed by atoms with Crippen LogP contribution in [0.15, 0.2) is 48.5 Å². The van der Waals surface area contributed by atoms with E-state index in [4.69, 9.17) is 0 Å². The fourth-order valence-corrected chi connectivity index (χ4v) is 2.74. The second kappa shape index (κ2) is 9.15. The minimum Gasteiger partial charge on any atom is -0.345 e. The molecule has 2 amide bonds. The van der Waals surface area contributed by atoms with Gasteiger partial charge in [0, 0.05) is 30.9 Å². The number of nitrogens with zero attached hydrogens (tertiary/aromatic N) is 1. The molecule has 0 radical (unpaired) electrons. The van der Waals surface area contributed by atoms with Crippen LogP contribution >= 0.6 is 0 Å². The molecule has 0 aliphatic carbocycles. The van der Waals surface area contributed by atoms with Crippen LogP contribution in [-0.2, 0) is 17.8 Å². The smallest absolute Gasteiger partial charge is 0.279 e. The van der Waals surface area contributed by atoms with Crippen molar-refractivity contribution < 1.29 is 14.5 Å². The molecule has 2 aromatic carbocycles. The molecule has 0 bridgehead atoms. The van der Waals surface area contributed by atoms with E-state index in [9.17, 15) is 9.59 Å². The van der Waals surface area contributed by atoms with Crippen molar-refractivity contribution in [2.24, 2.45) is 0 Å². The summed E-state index contributed by atoms with van der Waals surface area (Å²) in [6.45, 7) is 3.32. The molecule has 2 rings (SSSR count). The number of quaternary nitrogens is 1. The maximum atomic E-state index is 12.2. The van der Waals surface area contributed by atoms with Crippen LogP contribution in [0.4, 0.5) is 5.69 Å². The molecule has 26 heavy (non-hydrogen) atoms. The van der Waals surface area contributed by atoms with Gasteiger partial charge in [0.15, 0.2) is 6.54 Å². The van der Waals surface area contributed by atoms with Crippen LogP contribution < -0.4 is 10.2 Å². The van der Waals surface area contributed by atoms with Crippen molar-refractivity contribution in [1.29, 1.82) is 0 Å². The van der Waals surface area contributed by atoms with Crippen LogP contribution in [0.2, 0.25) is 0 Å². The summed E-state index contributed by atoms with van der Waals surface area (Å²) in [5.41, 5.74) is 3.84. The van der Waals surface area contributed by atoms with Gasteiger partial charge < -0.3 is 15.1 Å². The Bertz CT molecular complexity index is 737. The summed E-state index contributed by atoms with van der Waals surface area (Å²) in [6.07, 6.45) is 1.03. The van der Waals surface area contributed by atoms with Gasteiger partial charge in [0.05, 0.1) is 7.05 Å². The zero-order valence-corrected chi connectivity index (χ0v) is 16.0. The van der Waals surface area contributed by atoms with E-state index in [1.54, 1.807) is 38.4 Å². The molecule has 1 atom stereocenters. The molecular weight excluding hydrogens is 326 g/mol. The molecule has 5 nitrogen and oxygen atoms in total. The Hall–Kier alpha value is -2.66. The number of hydrogen-bond acceptors (Lipinski definition) is 2. The summed E-state index contributed by atoms with van der Waals surface area (Å²) in [7, 11) is 5.44. The Labute approximate surface area is 155 Å². The molecule has 0 saturated carbocycles. The molecule has 5 heteroatoms. The molecule has 0 aliphatic heterocycles. The first kappa shape index (κ1) is 19.7. The van der Waals surface area contributed by atoms with Crippen molar-refractivity contribution in [2.75, 3.05) is 33.0 Å². The number of likely N-dealkylation sites (N-methyl/N-ethyl adjacent to an activating group) is 1. The molecule has 0 saturated heterocycles. The van der Waals surface area contributed by atoms with Gasteiger partial charge in [-0.05, 0) is 36.2 Å². The average Bonchev–Trinajstić information content (AvgIpc) is 2.62.